The minimum absolute atomic E-state index is 0.0313. The van der Waals surface area contributed by atoms with Gasteiger partial charge < -0.3 is 23.7 Å². The molecule has 0 radical (unpaired) electrons. The number of amides is 1. The van der Waals surface area contributed by atoms with Crippen LogP contribution in [0.1, 0.15) is 23.1 Å². The molecule has 7 nitrogen and oxygen atoms in total. The van der Waals surface area contributed by atoms with E-state index < -0.39 is 0 Å². The Labute approximate surface area is 146 Å². The van der Waals surface area contributed by atoms with Crippen LogP contribution in [0.15, 0.2) is 30.6 Å². The first kappa shape index (κ1) is 16.0. The summed E-state index contributed by atoms with van der Waals surface area (Å²) in [5.41, 5.74) is 0.597. The first-order valence-electron chi connectivity index (χ1n) is 8.51. The fourth-order valence-electron chi connectivity index (χ4n) is 3.30. The fraction of sp³-hybridized carbons (Fsp3) is 0.444. The zero-order chi connectivity index (χ0) is 17.2. The zero-order valence-corrected chi connectivity index (χ0v) is 14.2. The quantitative estimate of drug-likeness (QED) is 0.849. The maximum absolute atomic E-state index is 13.1. The lowest BCUT2D eigenvalue weighted by atomic mass is 10.1. The number of nitrogens with zero attached hydrogens (tertiary/aromatic N) is 3. The molecular weight excluding hydrogens is 322 g/mol. The molecular formula is C18H21N3O4. The van der Waals surface area contributed by atoms with Crippen molar-refractivity contribution in [3.05, 3.63) is 42.0 Å². The normalized spacial score (nSPS) is 18.8. The lowest BCUT2D eigenvalue weighted by Crippen LogP contribution is -2.35. The minimum Gasteiger partial charge on any atom is -0.454 e. The third-order valence-corrected chi connectivity index (χ3v) is 4.53. The van der Waals surface area contributed by atoms with Gasteiger partial charge in [-0.3, -0.25) is 4.79 Å². The Balaban J connectivity index is 1.58. The first-order chi connectivity index (χ1) is 12.2. The molecule has 0 saturated heterocycles. The second-order valence-corrected chi connectivity index (χ2v) is 6.28. The highest BCUT2D eigenvalue weighted by Crippen LogP contribution is 2.33. The SMILES string of the molecule is CCOC[C@@H]1CN(C(=O)c2ccc3c(c2)OCO3)Cc2nccn2C1. The van der Waals surface area contributed by atoms with Gasteiger partial charge >= 0.3 is 0 Å². The van der Waals surface area contributed by atoms with Crippen LogP contribution in [0.4, 0.5) is 0 Å². The van der Waals surface area contributed by atoms with Gasteiger partial charge in [0.05, 0.1) is 13.2 Å². The molecule has 0 saturated carbocycles. The number of aromatic nitrogens is 2. The number of carbonyl (C=O) groups is 1. The van der Waals surface area contributed by atoms with Gasteiger partial charge in [0, 0.05) is 43.6 Å². The van der Waals surface area contributed by atoms with E-state index in [2.05, 4.69) is 9.55 Å². The van der Waals surface area contributed by atoms with Crippen LogP contribution < -0.4 is 9.47 Å². The number of hydrogen-bond donors (Lipinski definition) is 0. The summed E-state index contributed by atoms with van der Waals surface area (Å²) in [6.45, 7) is 5.40. The average Bonchev–Trinajstić information content (AvgIpc) is 3.23. The van der Waals surface area contributed by atoms with Crippen molar-refractivity contribution < 1.29 is 19.0 Å². The van der Waals surface area contributed by atoms with Gasteiger partial charge in [0.1, 0.15) is 5.82 Å². The third kappa shape index (κ3) is 3.19. The van der Waals surface area contributed by atoms with Gasteiger partial charge in [-0.2, -0.15) is 0 Å². The number of rotatable bonds is 4. The van der Waals surface area contributed by atoms with Gasteiger partial charge in [-0.15, -0.1) is 0 Å². The summed E-state index contributed by atoms with van der Waals surface area (Å²) in [7, 11) is 0. The molecule has 0 N–H and O–H groups in total. The smallest absolute Gasteiger partial charge is 0.254 e. The molecule has 1 amide bonds. The summed E-state index contributed by atoms with van der Waals surface area (Å²) >= 11 is 0. The number of carbonyl (C=O) groups excluding carboxylic acids is 1. The summed E-state index contributed by atoms with van der Waals surface area (Å²) in [6, 6.07) is 5.32. The molecule has 0 unspecified atom stereocenters. The number of benzene rings is 1. The van der Waals surface area contributed by atoms with E-state index in [1.54, 1.807) is 24.4 Å². The first-order valence-corrected chi connectivity index (χ1v) is 8.51. The van der Waals surface area contributed by atoms with E-state index >= 15 is 0 Å². The molecule has 7 heteroatoms. The van der Waals surface area contributed by atoms with E-state index in [9.17, 15) is 4.79 Å². The van der Waals surface area contributed by atoms with Gasteiger partial charge in [-0.1, -0.05) is 0 Å². The summed E-state index contributed by atoms with van der Waals surface area (Å²) < 4.78 is 18.4. The molecule has 3 heterocycles. The fourth-order valence-corrected chi connectivity index (χ4v) is 3.30. The molecule has 0 bridgehead atoms. The van der Waals surface area contributed by atoms with Crippen LogP contribution in [0.3, 0.4) is 0 Å². The standard InChI is InChI=1S/C18H21N3O4/c1-2-23-11-13-8-20-6-5-19-17(20)10-21(9-13)18(22)14-3-4-15-16(7-14)25-12-24-15/h3-7,13H,2,8-12H2,1H3/t13-/m0/s1. The van der Waals surface area contributed by atoms with Gasteiger partial charge in [0.15, 0.2) is 11.5 Å². The molecule has 1 aromatic carbocycles. The largest absolute Gasteiger partial charge is 0.454 e. The Kier molecular flexibility index (Phi) is 4.31. The Morgan fingerprint density at radius 3 is 3.08 bits per heavy atom. The molecule has 1 aromatic heterocycles. The van der Waals surface area contributed by atoms with Crippen LogP contribution in [-0.2, 0) is 17.8 Å². The van der Waals surface area contributed by atoms with Crippen molar-refractivity contribution in [2.75, 3.05) is 26.6 Å². The molecule has 0 fully saturated rings. The molecule has 2 aliphatic heterocycles. The van der Waals surface area contributed by atoms with E-state index in [1.165, 1.54) is 0 Å². The van der Waals surface area contributed by atoms with E-state index in [0.29, 0.717) is 43.4 Å². The summed E-state index contributed by atoms with van der Waals surface area (Å²) in [5.74, 6) is 2.39. The van der Waals surface area contributed by atoms with Crippen molar-refractivity contribution in [2.45, 2.75) is 20.0 Å². The van der Waals surface area contributed by atoms with Crippen molar-refractivity contribution in [3.63, 3.8) is 0 Å². The Hall–Kier alpha value is -2.54. The van der Waals surface area contributed by atoms with Crippen LogP contribution >= 0.6 is 0 Å². The van der Waals surface area contributed by atoms with Crippen LogP contribution in [0, 0.1) is 5.92 Å². The predicted octanol–water partition coefficient (Wildman–Crippen LogP) is 1.92. The molecule has 2 aromatic rings. The number of fused-ring (bicyclic) bond motifs is 2. The van der Waals surface area contributed by atoms with Crippen molar-refractivity contribution >= 4 is 5.91 Å². The lowest BCUT2D eigenvalue weighted by Gasteiger charge is -2.24. The number of hydrogen-bond acceptors (Lipinski definition) is 5. The summed E-state index contributed by atoms with van der Waals surface area (Å²) in [6.07, 6.45) is 3.74. The molecule has 1 atom stereocenters. The van der Waals surface area contributed by atoms with Crippen LogP contribution in [0.25, 0.3) is 0 Å². The molecule has 2 aliphatic rings. The second kappa shape index (κ2) is 6.76. The molecule has 0 aliphatic carbocycles. The van der Waals surface area contributed by atoms with Gasteiger partial charge in [-0.05, 0) is 25.1 Å². The average molecular weight is 343 g/mol. The molecule has 132 valence electrons. The van der Waals surface area contributed by atoms with E-state index in [-0.39, 0.29) is 18.6 Å². The topological polar surface area (TPSA) is 65.8 Å². The highest BCUT2D eigenvalue weighted by Gasteiger charge is 2.27. The highest BCUT2D eigenvalue weighted by molar-refractivity contribution is 5.95. The third-order valence-electron chi connectivity index (χ3n) is 4.53. The molecule has 4 rings (SSSR count). The van der Waals surface area contributed by atoms with Crippen LogP contribution in [-0.4, -0.2) is 46.9 Å². The Morgan fingerprint density at radius 2 is 2.20 bits per heavy atom. The van der Waals surface area contributed by atoms with Crippen molar-refractivity contribution in [1.82, 2.24) is 14.5 Å². The van der Waals surface area contributed by atoms with Crippen molar-refractivity contribution in [2.24, 2.45) is 5.92 Å². The second-order valence-electron chi connectivity index (χ2n) is 6.28. The maximum atomic E-state index is 13.1. The van der Waals surface area contributed by atoms with Gasteiger partial charge in [0.25, 0.3) is 5.91 Å². The summed E-state index contributed by atoms with van der Waals surface area (Å²) in [5, 5.41) is 0. The van der Waals surface area contributed by atoms with E-state index in [0.717, 1.165) is 12.4 Å². The van der Waals surface area contributed by atoms with Crippen LogP contribution in [0.2, 0.25) is 0 Å². The Bertz CT molecular complexity index is 773. The van der Waals surface area contributed by atoms with E-state index in [4.69, 9.17) is 14.2 Å². The predicted molar refractivity (Wildman–Crippen MR) is 89.5 cm³/mol. The molecule has 25 heavy (non-hydrogen) atoms. The summed E-state index contributed by atoms with van der Waals surface area (Å²) in [4.78, 5) is 19.3. The Morgan fingerprint density at radius 1 is 1.32 bits per heavy atom. The maximum Gasteiger partial charge on any atom is 0.254 e. The van der Waals surface area contributed by atoms with Crippen molar-refractivity contribution in [1.29, 1.82) is 0 Å². The van der Waals surface area contributed by atoms with Crippen molar-refractivity contribution in [3.8, 4) is 11.5 Å². The van der Waals surface area contributed by atoms with E-state index in [1.807, 2.05) is 18.0 Å². The van der Waals surface area contributed by atoms with Gasteiger partial charge in [-0.25, -0.2) is 4.98 Å². The molecule has 0 spiro atoms. The van der Waals surface area contributed by atoms with Gasteiger partial charge in [0.2, 0.25) is 6.79 Å². The van der Waals surface area contributed by atoms with Crippen LogP contribution in [0.5, 0.6) is 11.5 Å². The number of ether oxygens (including phenoxy) is 3. The zero-order valence-electron chi connectivity index (χ0n) is 14.2. The lowest BCUT2D eigenvalue weighted by molar-refractivity contribution is 0.0618. The minimum atomic E-state index is -0.0313. The monoisotopic (exact) mass is 343 g/mol. The highest BCUT2D eigenvalue weighted by atomic mass is 16.7. The number of imidazole rings is 1.